The second kappa shape index (κ2) is 8.17. The van der Waals surface area contributed by atoms with Gasteiger partial charge in [-0.3, -0.25) is 14.6 Å². The second-order valence-electron chi connectivity index (χ2n) is 8.59. The van der Waals surface area contributed by atoms with Crippen molar-refractivity contribution in [2.45, 2.75) is 57.5 Å². The summed E-state index contributed by atoms with van der Waals surface area (Å²) in [6.07, 6.45) is 5.55. The van der Waals surface area contributed by atoms with Crippen LogP contribution in [0.25, 0.3) is 0 Å². The molecule has 0 spiro atoms. The molecule has 2 aliphatic rings. The summed E-state index contributed by atoms with van der Waals surface area (Å²) in [5, 5.41) is 0. The van der Waals surface area contributed by atoms with Gasteiger partial charge in [0.1, 0.15) is 5.82 Å². The maximum Gasteiger partial charge on any atom is 0.254 e. The van der Waals surface area contributed by atoms with Crippen molar-refractivity contribution in [3.05, 3.63) is 65.2 Å². The number of hydrogen-bond donors (Lipinski definition) is 0. The molecular formula is C24H28FN3O2. The van der Waals surface area contributed by atoms with E-state index in [1.54, 1.807) is 43.5 Å². The van der Waals surface area contributed by atoms with Gasteiger partial charge in [0.05, 0.1) is 11.6 Å². The first kappa shape index (κ1) is 20.5. The van der Waals surface area contributed by atoms with Crippen molar-refractivity contribution in [3.63, 3.8) is 0 Å². The van der Waals surface area contributed by atoms with Crippen molar-refractivity contribution >= 4 is 11.8 Å². The Morgan fingerprint density at radius 3 is 2.77 bits per heavy atom. The van der Waals surface area contributed by atoms with Crippen molar-refractivity contribution in [2.24, 2.45) is 0 Å². The van der Waals surface area contributed by atoms with Crippen LogP contribution in [0.15, 0.2) is 42.6 Å². The average molecular weight is 410 g/mol. The van der Waals surface area contributed by atoms with Crippen LogP contribution in [-0.2, 0) is 11.2 Å². The third-order valence-electron chi connectivity index (χ3n) is 6.69. The molecule has 0 aliphatic carbocycles. The van der Waals surface area contributed by atoms with Gasteiger partial charge in [-0.2, -0.15) is 0 Å². The normalized spacial score (nSPS) is 23.8. The molecule has 158 valence electrons. The summed E-state index contributed by atoms with van der Waals surface area (Å²) < 4.78 is 14.0. The Kier molecular flexibility index (Phi) is 5.58. The van der Waals surface area contributed by atoms with Crippen molar-refractivity contribution in [3.8, 4) is 0 Å². The first-order valence-corrected chi connectivity index (χ1v) is 10.7. The van der Waals surface area contributed by atoms with Crippen LogP contribution in [0.4, 0.5) is 4.39 Å². The Labute approximate surface area is 176 Å². The third-order valence-corrected chi connectivity index (χ3v) is 6.69. The van der Waals surface area contributed by atoms with E-state index in [2.05, 4.69) is 11.9 Å². The van der Waals surface area contributed by atoms with E-state index in [1.807, 2.05) is 9.80 Å². The fourth-order valence-electron chi connectivity index (χ4n) is 5.22. The number of likely N-dealkylation sites (tertiary alicyclic amines) is 2. The number of benzene rings is 1. The molecule has 1 aromatic carbocycles. The molecule has 0 saturated carbocycles. The number of amides is 2. The van der Waals surface area contributed by atoms with Crippen LogP contribution >= 0.6 is 0 Å². The number of halogens is 1. The fourth-order valence-corrected chi connectivity index (χ4v) is 5.22. The molecule has 2 aliphatic heterocycles. The Bertz CT molecular complexity index is 963. The van der Waals surface area contributed by atoms with E-state index in [0.29, 0.717) is 29.8 Å². The van der Waals surface area contributed by atoms with Gasteiger partial charge in [0, 0.05) is 43.9 Å². The Balaban J connectivity index is 1.58. The summed E-state index contributed by atoms with van der Waals surface area (Å²) in [4.78, 5) is 33.9. The molecule has 0 radical (unpaired) electrons. The van der Waals surface area contributed by atoms with Crippen molar-refractivity contribution < 1.29 is 14.0 Å². The van der Waals surface area contributed by atoms with Crippen molar-refractivity contribution in [2.75, 3.05) is 13.1 Å². The fraction of sp³-hybridized carbons (Fsp3) is 0.458. The van der Waals surface area contributed by atoms with Crippen LogP contribution in [0.5, 0.6) is 0 Å². The number of rotatable bonds is 3. The van der Waals surface area contributed by atoms with Gasteiger partial charge >= 0.3 is 0 Å². The molecule has 2 fully saturated rings. The maximum atomic E-state index is 14.0. The zero-order valence-corrected chi connectivity index (χ0v) is 17.6. The smallest absolute Gasteiger partial charge is 0.254 e. The van der Waals surface area contributed by atoms with E-state index in [9.17, 15) is 14.0 Å². The number of hydrogen-bond acceptors (Lipinski definition) is 3. The summed E-state index contributed by atoms with van der Waals surface area (Å²) in [5.74, 6) is -0.226. The van der Waals surface area contributed by atoms with Crippen LogP contribution < -0.4 is 0 Å². The van der Waals surface area contributed by atoms with Gasteiger partial charge in [0.2, 0.25) is 5.91 Å². The highest BCUT2D eigenvalue weighted by Gasteiger charge is 2.49. The summed E-state index contributed by atoms with van der Waals surface area (Å²) >= 11 is 0. The third kappa shape index (κ3) is 3.71. The predicted octanol–water partition coefficient (Wildman–Crippen LogP) is 3.82. The van der Waals surface area contributed by atoms with Gasteiger partial charge in [0.15, 0.2) is 0 Å². The lowest BCUT2D eigenvalue weighted by molar-refractivity contribution is -0.143. The van der Waals surface area contributed by atoms with Gasteiger partial charge < -0.3 is 9.80 Å². The standard InChI is InChI=1S/C24H28FN3O2/c1-17(29)28-14-5-9-22-24(28,2)11-6-13-27(22)23(30)19-10-12-26-20(16-19)15-18-7-3-4-8-21(18)25/h3-4,7-8,10,12,16,22H,5-6,9,11,13-15H2,1-2H3/t22-,24-/m0/s1. The Morgan fingerprint density at radius 2 is 2.00 bits per heavy atom. The maximum absolute atomic E-state index is 14.0. The second-order valence-corrected chi connectivity index (χ2v) is 8.59. The number of piperidine rings is 2. The lowest BCUT2D eigenvalue weighted by Crippen LogP contribution is -2.67. The quantitative estimate of drug-likeness (QED) is 0.775. The molecule has 0 unspecified atom stereocenters. The summed E-state index contributed by atoms with van der Waals surface area (Å²) in [6.45, 7) is 5.18. The summed E-state index contributed by atoms with van der Waals surface area (Å²) in [5.41, 5.74) is 1.48. The molecule has 4 rings (SSSR count). The van der Waals surface area contributed by atoms with Gasteiger partial charge in [-0.15, -0.1) is 0 Å². The number of carbonyl (C=O) groups is 2. The molecule has 0 N–H and O–H groups in total. The number of fused-ring (bicyclic) bond motifs is 1. The minimum Gasteiger partial charge on any atom is -0.335 e. The minimum atomic E-state index is -0.318. The molecule has 1 aromatic heterocycles. The van der Waals surface area contributed by atoms with Gasteiger partial charge in [-0.25, -0.2) is 4.39 Å². The van der Waals surface area contributed by atoms with E-state index in [0.717, 1.165) is 32.2 Å². The Morgan fingerprint density at radius 1 is 1.20 bits per heavy atom. The molecule has 2 atom stereocenters. The first-order chi connectivity index (χ1) is 14.4. The molecule has 3 heterocycles. The van der Waals surface area contributed by atoms with Crippen LogP contribution in [0, 0.1) is 5.82 Å². The van der Waals surface area contributed by atoms with Gasteiger partial charge in [-0.1, -0.05) is 18.2 Å². The van der Waals surface area contributed by atoms with Crippen LogP contribution in [0.3, 0.4) is 0 Å². The molecule has 2 amide bonds. The molecule has 0 bridgehead atoms. The number of nitrogens with zero attached hydrogens (tertiary/aromatic N) is 3. The van der Waals surface area contributed by atoms with Gasteiger partial charge in [-0.05, 0) is 56.4 Å². The van der Waals surface area contributed by atoms with E-state index >= 15 is 0 Å². The number of aromatic nitrogens is 1. The average Bonchev–Trinajstić information content (AvgIpc) is 2.73. The van der Waals surface area contributed by atoms with Crippen LogP contribution in [-0.4, -0.2) is 51.3 Å². The SMILES string of the molecule is CC(=O)N1CCC[C@@H]2N(C(=O)c3ccnc(Cc4ccccc4F)c3)CCC[C@@]21C. The molecule has 2 saturated heterocycles. The highest BCUT2D eigenvalue weighted by atomic mass is 19.1. The Hall–Kier alpha value is -2.76. The van der Waals surface area contributed by atoms with Crippen molar-refractivity contribution in [1.29, 1.82) is 0 Å². The zero-order valence-electron chi connectivity index (χ0n) is 17.6. The summed E-state index contributed by atoms with van der Waals surface area (Å²) in [7, 11) is 0. The highest BCUT2D eigenvalue weighted by Crippen LogP contribution is 2.39. The number of pyridine rings is 1. The van der Waals surface area contributed by atoms with E-state index < -0.39 is 0 Å². The molecule has 30 heavy (non-hydrogen) atoms. The molecule has 5 nitrogen and oxygen atoms in total. The van der Waals surface area contributed by atoms with Gasteiger partial charge in [0.25, 0.3) is 5.91 Å². The zero-order chi connectivity index (χ0) is 21.3. The van der Waals surface area contributed by atoms with E-state index in [4.69, 9.17) is 0 Å². The first-order valence-electron chi connectivity index (χ1n) is 10.7. The topological polar surface area (TPSA) is 53.5 Å². The predicted molar refractivity (Wildman–Crippen MR) is 113 cm³/mol. The number of carbonyl (C=O) groups excluding carboxylic acids is 2. The summed E-state index contributed by atoms with van der Waals surface area (Å²) in [6, 6.07) is 10.1. The lowest BCUT2D eigenvalue weighted by atomic mass is 9.76. The minimum absolute atomic E-state index is 0.0135. The molecule has 6 heteroatoms. The van der Waals surface area contributed by atoms with Crippen LogP contribution in [0.1, 0.15) is 61.1 Å². The monoisotopic (exact) mass is 409 g/mol. The van der Waals surface area contributed by atoms with Crippen LogP contribution in [0.2, 0.25) is 0 Å². The molecular weight excluding hydrogens is 381 g/mol. The molecule has 2 aromatic rings. The largest absolute Gasteiger partial charge is 0.335 e. The van der Waals surface area contributed by atoms with E-state index in [-0.39, 0.29) is 29.2 Å². The van der Waals surface area contributed by atoms with Crippen molar-refractivity contribution in [1.82, 2.24) is 14.8 Å². The highest BCUT2D eigenvalue weighted by molar-refractivity contribution is 5.94. The van der Waals surface area contributed by atoms with E-state index in [1.165, 1.54) is 6.07 Å². The lowest BCUT2D eigenvalue weighted by Gasteiger charge is -2.56.